The zero-order valence-corrected chi connectivity index (χ0v) is 22.3. The number of ether oxygens (including phenoxy) is 1. The molecular weight excluding hydrogens is 553 g/mol. The molecule has 218 valence electrons. The minimum atomic E-state index is -4.56. The van der Waals surface area contributed by atoms with E-state index in [0.29, 0.717) is 42.0 Å². The van der Waals surface area contributed by atoms with Crippen LogP contribution in [0, 0.1) is 0 Å². The second kappa shape index (κ2) is 11.0. The molecule has 4 aromatic rings. The lowest BCUT2D eigenvalue weighted by atomic mass is 10.0. The van der Waals surface area contributed by atoms with Crippen LogP contribution in [-0.4, -0.2) is 67.2 Å². The Morgan fingerprint density at radius 2 is 1.86 bits per heavy atom. The maximum atomic E-state index is 13.0. The van der Waals surface area contributed by atoms with Gasteiger partial charge in [0.15, 0.2) is 5.65 Å². The maximum Gasteiger partial charge on any atom is 0.416 e. The number of rotatable bonds is 5. The highest BCUT2D eigenvalue weighted by atomic mass is 19.4. The first-order valence-corrected chi connectivity index (χ1v) is 13.5. The number of alkyl halides is 3. The number of halogens is 3. The molecule has 2 saturated heterocycles. The van der Waals surface area contributed by atoms with E-state index < -0.39 is 23.8 Å². The number of aromatic nitrogens is 5. The zero-order valence-electron chi connectivity index (χ0n) is 22.3. The Balaban J connectivity index is 1.25. The van der Waals surface area contributed by atoms with Gasteiger partial charge in [-0.05, 0) is 49.9 Å². The van der Waals surface area contributed by atoms with E-state index in [9.17, 15) is 22.8 Å². The van der Waals surface area contributed by atoms with Gasteiger partial charge < -0.3 is 20.7 Å². The van der Waals surface area contributed by atoms with Crippen molar-refractivity contribution in [1.82, 2.24) is 29.6 Å². The summed E-state index contributed by atoms with van der Waals surface area (Å²) in [4.78, 5) is 40.0. The van der Waals surface area contributed by atoms with Gasteiger partial charge in [0.1, 0.15) is 29.8 Å². The first-order chi connectivity index (χ1) is 20.2. The van der Waals surface area contributed by atoms with Crippen LogP contribution in [0.15, 0.2) is 48.9 Å². The van der Waals surface area contributed by atoms with Crippen LogP contribution in [0.1, 0.15) is 47.6 Å². The van der Waals surface area contributed by atoms with Crippen molar-refractivity contribution in [3.8, 4) is 11.3 Å². The largest absolute Gasteiger partial charge is 0.416 e. The van der Waals surface area contributed by atoms with Gasteiger partial charge in [-0.2, -0.15) is 18.3 Å². The Kier molecular flexibility index (Phi) is 7.22. The molecule has 0 radical (unpaired) electrons. The molecule has 11 nitrogen and oxygen atoms in total. The number of likely N-dealkylation sites (tertiary alicyclic amines) is 1. The van der Waals surface area contributed by atoms with E-state index in [-0.39, 0.29) is 29.1 Å². The minimum Gasteiger partial charge on any atom is -0.383 e. The van der Waals surface area contributed by atoms with Crippen molar-refractivity contribution in [1.29, 1.82) is 0 Å². The topological polar surface area (TPSA) is 141 Å². The fraction of sp³-hybridized carbons (Fsp3) is 0.357. The van der Waals surface area contributed by atoms with E-state index in [0.717, 1.165) is 44.0 Å². The minimum absolute atomic E-state index is 0.00257. The Morgan fingerprint density at radius 1 is 1.05 bits per heavy atom. The lowest BCUT2D eigenvalue weighted by Crippen LogP contribution is -2.45. The second-order valence-electron chi connectivity index (χ2n) is 10.3. The number of fused-ring (bicyclic) bond motifs is 1. The van der Waals surface area contributed by atoms with Crippen molar-refractivity contribution >= 4 is 34.5 Å². The van der Waals surface area contributed by atoms with Gasteiger partial charge in [0.25, 0.3) is 11.8 Å². The number of pyridine rings is 1. The molecule has 2 aliphatic rings. The molecule has 2 amide bonds. The van der Waals surface area contributed by atoms with Crippen LogP contribution in [0.4, 0.5) is 24.8 Å². The highest BCUT2D eigenvalue weighted by Gasteiger charge is 2.34. The number of nitrogens with zero attached hydrogens (tertiary/aromatic N) is 6. The molecule has 2 fully saturated rings. The van der Waals surface area contributed by atoms with Gasteiger partial charge in [0, 0.05) is 37.0 Å². The summed E-state index contributed by atoms with van der Waals surface area (Å²) in [5.74, 6) is -0.600. The summed E-state index contributed by atoms with van der Waals surface area (Å²) in [5.41, 5.74) is 7.24. The summed E-state index contributed by atoms with van der Waals surface area (Å²) in [6.45, 7) is 1.71. The van der Waals surface area contributed by atoms with E-state index in [2.05, 4.69) is 20.3 Å². The third kappa shape index (κ3) is 5.36. The summed E-state index contributed by atoms with van der Waals surface area (Å²) < 4.78 is 46.5. The number of benzene rings is 1. The average Bonchev–Trinajstić information content (AvgIpc) is 3.66. The number of piperidine rings is 1. The maximum absolute atomic E-state index is 13.0. The normalized spacial score (nSPS) is 19.3. The van der Waals surface area contributed by atoms with Crippen molar-refractivity contribution in [2.75, 3.05) is 30.7 Å². The Bertz CT molecular complexity index is 1630. The zero-order chi connectivity index (χ0) is 29.4. The van der Waals surface area contributed by atoms with E-state index in [1.165, 1.54) is 18.5 Å². The van der Waals surface area contributed by atoms with Gasteiger partial charge in [0.2, 0.25) is 0 Å². The molecule has 5 heterocycles. The number of hydrogen-bond acceptors (Lipinski definition) is 8. The van der Waals surface area contributed by atoms with Crippen LogP contribution in [0.5, 0.6) is 0 Å². The van der Waals surface area contributed by atoms with E-state index >= 15 is 0 Å². The second-order valence-corrected chi connectivity index (χ2v) is 10.3. The van der Waals surface area contributed by atoms with Crippen molar-refractivity contribution in [2.45, 2.75) is 44.0 Å². The molecule has 3 N–H and O–H groups in total. The van der Waals surface area contributed by atoms with Gasteiger partial charge in [-0.15, -0.1) is 0 Å². The first kappa shape index (κ1) is 27.6. The highest BCUT2D eigenvalue weighted by Crippen LogP contribution is 2.34. The predicted octanol–water partition coefficient (Wildman–Crippen LogP) is 4.08. The number of carbonyl (C=O) groups excluding carboxylic acids is 2. The molecule has 2 aliphatic heterocycles. The molecule has 6 rings (SSSR count). The number of hydrogen-bond donors (Lipinski definition) is 2. The van der Waals surface area contributed by atoms with Gasteiger partial charge >= 0.3 is 6.18 Å². The molecule has 1 aromatic carbocycles. The quantitative estimate of drug-likeness (QED) is 0.360. The van der Waals surface area contributed by atoms with Gasteiger partial charge in [-0.25, -0.2) is 19.6 Å². The number of amides is 2. The third-order valence-electron chi connectivity index (χ3n) is 7.53. The highest BCUT2D eigenvalue weighted by molar-refractivity contribution is 6.04. The summed E-state index contributed by atoms with van der Waals surface area (Å²) in [5, 5.41) is 7.80. The summed E-state index contributed by atoms with van der Waals surface area (Å²) in [7, 11) is 0. The number of nitrogens with two attached hydrogens (primary N) is 1. The number of carbonyl (C=O) groups is 2. The fourth-order valence-electron chi connectivity index (χ4n) is 5.43. The molecule has 0 saturated carbocycles. The summed E-state index contributed by atoms with van der Waals surface area (Å²) >= 11 is 0. The summed E-state index contributed by atoms with van der Waals surface area (Å²) in [6, 6.07) is 7.87. The Labute approximate surface area is 237 Å². The van der Waals surface area contributed by atoms with E-state index in [1.54, 1.807) is 16.8 Å². The van der Waals surface area contributed by atoms with E-state index in [4.69, 9.17) is 15.6 Å². The predicted molar refractivity (Wildman–Crippen MR) is 146 cm³/mol. The van der Waals surface area contributed by atoms with Crippen LogP contribution in [-0.2, 0) is 15.7 Å². The lowest BCUT2D eigenvalue weighted by molar-refractivity contribution is -0.142. The molecule has 42 heavy (non-hydrogen) atoms. The van der Waals surface area contributed by atoms with Crippen LogP contribution in [0.3, 0.4) is 0 Å². The van der Waals surface area contributed by atoms with Crippen LogP contribution in [0.2, 0.25) is 0 Å². The molecule has 3 aromatic heterocycles. The molecule has 0 spiro atoms. The number of nitrogen functional groups attached to an aromatic ring is 1. The molecule has 14 heteroatoms. The SMILES string of the molecule is Nc1ncnc2c1c(-c1ccc(C(=O)Nc3cc(C(F)(F)F)ccn3)cc1)nn2[C@@H]1CCCN(C(=O)[C@H]2CCCO2)C1. The van der Waals surface area contributed by atoms with Crippen molar-refractivity contribution in [2.24, 2.45) is 0 Å². The smallest absolute Gasteiger partial charge is 0.383 e. The van der Waals surface area contributed by atoms with Gasteiger partial charge in [0.05, 0.1) is 17.0 Å². The lowest BCUT2D eigenvalue weighted by Gasteiger charge is -2.34. The van der Waals surface area contributed by atoms with Crippen LogP contribution < -0.4 is 11.1 Å². The Hall–Kier alpha value is -4.59. The molecular formula is C28H27F3N8O3. The van der Waals surface area contributed by atoms with Crippen LogP contribution in [0.25, 0.3) is 22.3 Å². The average molecular weight is 581 g/mol. The monoisotopic (exact) mass is 580 g/mol. The van der Waals surface area contributed by atoms with Crippen molar-refractivity contribution in [3.63, 3.8) is 0 Å². The molecule has 0 unspecified atom stereocenters. The molecule has 0 aliphatic carbocycles. The van der Waals surface area contributed by atoms with Crippen molar-refractivity contribution in [3.05, 3.63) is 60.0 Å². The third-order valence-corrected chi connectivity index (χ3v) is 7.53. The summed E-state index contributed by atoms with van der Waals surface area (Å²) in [6.07, 6.45) is 0.585. The number of anilines is 2. The van der Waals surface area contributed by atoms with Gasteiger partial charge in [-0.1, -0.05) is 12.1 Å². The first-order valence-electron chi connectivity index (χ1n) is 13.5. The standard InChI is InChI=1S/C28H27F3N8O3/c29-28(30,31)18-9-10-33-21(13-18)36-26(40)17-7-5-16(6-8-17)23-22-24(32)34-15-35-25(22)39(37-23)19-3-1-11-38(14-19)27(41)20-4-2-12-42-20/h5-10,13,15,19-20H,1-4,11-12,14H2,(H2,32,34,35)(H,33,36,40)/t19-,20-/m1/s1. The van der Waals surface area contributed by atoms with Gasteiger partial charge in [-0.3, -0.25) is 9.59 Å². The van der Waals surface area contributed by atoms with Crippen LogP contribution >= 0.6 is 0 Å². The van der Waals surface area contributed by atoms with Crippen molar-refractivity contribution < 1.29 is 27.5 Å². The Morgan fingerprint density at radius 3 is 2.60 bits per heavy atom. The van der Waals surface area contributed by atoms with E-state index in [1.807, 2.05) is 4.90 Å². The molecule has 0 bridgehead atoms. The molecule has 2 atom stereocenters. The fourth-order valence-corrected chi connectivity index (χ4v) is 5.43. The number of nitrogens with one attached hydrogen (secondary N) is 1.